The molecule has 4 amide bonds. The molecule has 1 heterocycles. The Kier molecular flexibility index (Phi) is 11.1. The number of carbonyl (C=O) groups excluding carboxylic acids is 4. The zero-order chi connectivity index (χ0) is 33.3. The van der Waals surface area contributed by atoms with Crippen LogP contribution in [0.5, 0.6) is 5.75 Å². The average Bonchev–Trinajstić information content (AvgIpc) is 3.02. The Balaban J connectivity index is 1.51. The lowest BCUT2D eigenvalue weighted by Crippen LogP contribution is -2.57. The fourth-order valence-electron chi connectivity index (χ4n) is 4.79. The largest absolute Gasteiger partial charge is 0.491 e. The Morgan fingerprint density at radius 3 is 2.22 bits per heavy atom. The number of rotatable bonds is 13. The predicted molar refractivity (Wildman–Crippen MR) is 176 cm³/mol. The van der Waals surface area contributed by atoms with Crippen LogP contribution >= 0.6 is 0 Å². The number of para-hydroxylation sites is 2. The lowest BCUT2D eigenvalue weighted by atomic mass is 9.99. The SMILES string of the molecule is CC(C)(C)NC(=O)c1ccccc1OC[C@@H](N)[C@H](Cc1ccccc1)NC(=O)[C@H](CC(N)=O)NC(=O)c1ccc2ccccc2n1. The summed E-state index contributed by atoms with van der Waals surface area (Å²) in [4.78, 5) is 56.0. The summed E-state index contributed by atoms with van der Waals surface area (Å²) < 4.78 is 6.03. The number of fused-ring (bicyclic) bond motifs is 1. The van der Waals surface area contributed by atoms with Crippen molar-refractivity contribution in [3.8, 4) is 5.75 Å². The van der Waals surface area contributed by atoms with E-state index in [0.717, 1.165) is 10.9 Å². The lowest BCUT2D eigenvalue weighted by Gasteiger charge is -2.28. The third-order valence-corrected chi connectivity index (χ3v) is 7.05. The molecule has 0 aliphatic heterocycles. The van der Waals surface area contributed by atoms with Crippen LogP contribution in [-0.2, 0) is 16.0 Å². The van der Waals surface area contributed by atoms with Gasteiger partial charge in [-0.3, -0.25) is 19.2 Å². The molecule has 0 fully saturated rings. The van der Waals surface area contributed by atoms with E-state index < -0.39 is 47.8 Å². The van der Waals surface area contributed by atoms with Gasteiger partial charge in [-0.15, -0.1) is 0 Å². The van der Waals surface area contributed by atoms with Crippen molar-refractivity contribution in [2.24, 2.45) is 11.5 Å². The minimum absolute atomic E-state index is 0.0502. The van der Waals surface area contributed by atoms with E-state index in [1.807, 2.05) is 63.2 Å². The zero-order valence-electron chi connectivity index (χ0n) is 26.2. The minimum atomic E-state index is -1.29. The van der Waals surface area contributed by atoms with E-state index in [1.165, 1.54) is 0 Å². The molecule has 1 aromatic heterocycles. The van der Waals surface area contributed by atoms with Crippen LogP contribution in [0.1, 0.15) is 53.6 Å². The van der Waals surface area contributed by atoms with Crippen molar-refractivity contribution < 1.29 is 23.9 Å². The summed E-state index contributed by atoms with van der Waals surface area (Å²) in [7, 11) is 0. The Morgan fingerprint density at radius 2 is 1.50 bits per heavy atom. The average molecular weight is 625 g/mol. The number of aromatic nitrogens is 1. The predicted octanol–water partition coefficient (Wildman–Crippen LogP) is 2.87. The lowest BCUT2D eigenvalue weighted by molar-refractivity contribution is -0.127. The highest BCUT2D eigenvalue weighted by Gasteiger charge is 2.29. The quantitative estimate of drug-likeness (QED) is 0.152. The van der Waals surface area contributed by atoms with Gasteiger partial charge in [-0.2, -0.15) is 0 Å². The molecule has 0 saturated carbocycles. The molecule has 0 bridgehead atoms. The van der Waals surface area contributed by atoms with Crippen molar-refractivity contribution in [1.82, 2.24) is 20.9 Å². The van der Waals surface area contributed by atoms with Crippen molar-refractivity contribution in [3.63, 3.8) is 0 Å². The highest BCUT2D eigenvalue weighted by atomic mass is 16.5. The van der Waals surface area contributed by atoms with Gasteiger partial charge in [0.1, 0.15) is 24.1 Å². The number of carbonyl (C=O) groups is 4. The van der Waals surface area contributed by atoms with Gasteiger partial charge in [0.15, 0.2) is 0 Å². The molecule has 0 saturated heterocycles. The summed E-state index contributed by atoms with van der Waals surface area (Å²) in [5, 5.41) is 9.27. The summed E-state index contributed by atoms with van der Waals surface area (Å²) in [6.45, 7) is 5.60. The zero-order valence-corrected chi connectivity index (χ0v) is 26.2. The van der Waals surface area contributed by atoms with Gasteiger partial charge in [-0.1, -0.05) is 66.7 Å². The fourth-order valence-corrected chi connectivity index (χ4v) is 4.79. The van der Waals surface area contributed by atoms with Crippen LogP contribution in [0, 0.1) is 0 Å². The molecule has 46 heavy (non-hydrogen) atoms. The smallest absolute Gasteiger partial charge is 0.270 e. The van der Waals surface area contributed by atoms with Crippen LogP contribution in [0.15, 0.2) is 91.0 Å². The minimum Gasteiger partial charge on any atom is -0.491 e. The topological polar surface area (TPSA) is 179 Å². The van der Waals surface area contributed by atoms with E-state index in [-0.39, 0.29) is 18.2 Å². The van der Waals surface area contributed by atoms with Crippen LogP contribution in [0.4, 0.5) is 0 Å². The van der Waals surface area contributed by atoms with Crippen molar-refractivity contribution in [2.75, 3.05) is 6.61 Å². The van der Waals surface area contributed by atoms with Gasteiger partial charge in [0, 0.05) is 10.9 Å². The number of pyridine rings is 1. The molecule has 240 valence electrons. The first kappa shape index (κ1) is 33.6. The number of amides is 4. The number of primary amides is 1. The van der Waals surface area contributed by atoms with E-state index in [9.17, 15) is 19.2 Å². The van der Waals surface area contributed by atoms with Gasteiger partial charge in [-0.05, 0) is 57.0 Å². The first-order valence-corrected chi connectivity index (χ1v) is 15.0. The Hall–Kier alpha value is -5.29. The third kappa shape index (κ3) is 9.60. The van der Waals surface area contributed by atoms with E-state index in [2.05, 4.69) is 20.9 Å². The van der Waals surface area contributed by atoms with Crippen LogP contribution in [0.2, 0.25) is 0 Å². The van der Waals surface area contributed by atoms with Gasteiger partial charge < -0.3 is 32.2 Å². The van der Waals surface area contributed by atoms with E-state index >= 15 is 0 Å². The second-order valence-electron chi connectivity index (χ2n) is 12.1. The van der Waals surface area contributed by atoms with Gasteiger partial charge in [-0.25, -0.2) is 4.98 Å². The molecule has 4 aromatic rings. The monoisotopic (exact) mass is 624 g/mol. The van der Waals surface area contributed by atoms with Crippen LogP contribution < -0.4 is 32.2 Å². The van der Waals surface area contributed by atoms with Crippen molar-refractivity contribution in [3.05, 3.63) is 108 Å². The fraction of sp³-hybridized carbons (Fsp3) is 0.286. The number of benzene rings is 3. The molecule has 0 unspecified atom stereocenters. The molecule has 3 aromatic carbocycles. The molecule has 3 atom stereocenters. The van der Waals surface area contributed by atoms with E-state index in [0.29, 0.717) is 23.3 Å². The molecule has 11 nitrogen and oxygen atoms in total. The number of nitrogens with two attached hydrogens (primary N) is 2. The molecule has 4 rings (SSSR count). The standard InChI is InChI=1S/C35H40N6O5/c1-35(2,3)41-32(43)24-14-8-10-16-30(24)46-21-25(36)28(19-22-11-5-4-6-12-22)39-34(45)29(20-31(37)42)40-33(44)27-18-17-23-13-7-9-15-26(23)38-27/h4-18,25,28-29H,19-21,36H2,1-3H3,(H2,37,42)(H,39,45)(H,40,44)(H,41,43)/t25-,28+,29+/m1/s1. The third-order valence-electron chi connectivity index (χ3n) is 7.05. The number of nitrogens with one attached hydrogen (secondary N) is 3. The molecule has 0 aliphatic rings. The van der Waals surface area contributed by atoms with E-state index in [4.69, 9.17) is 16.2 Å². The summed E-state index contributed by atoms with van der Waals surface area (Å²) in [6, 6.07) is 24.1. The van der Waals surface area contributed by atoms with Crippen molar-refractivity contribution in [1.29, 1.82) is 0 Å². The highest BCUT2D eigenvalue weighted by Crippen LogP contribution is 2.20. The second kappa shape index (κ2) is 15.1. The molecule has 0 aliphatic carbocycles. The molecule has 11 heteroatoms. The maximum Gasteiger partial charge on any atom is 0.270 e. The molecular formula is C35H40N6O5. The number of hydrogen-bond acceptors (Lipinski definition) is 7. The molecule has 0 spiro atoms. The number of nitrogens with zero attached hydrogens (tertiary/aromatic N) is 1. The molecular weight excluding hydrogens is 584 g/mol. The normalized spacial score (nSPS) is 13.2. The summed E-state index contributed by atoms with van der Waals surface area (Å²) in [5.74, 6) is -2.01. The van der Waals surface area contributed by atoms with Gasteiger partial charge in [0.05, 0.1) is 29.6 Å². The molecule has 7 N–H and O–H groups in total. The summed E-state index contributed by atoms with van der Waals surface area (Å²) in [5.41, 5.74) is 13.5. The van der Waals surface area contributed by atoms with Gasteiger partial charge in [0.25, 0.3) is 11.8 Å². The number of hydrogen-bond donors (Lipinski definition) is 5. The maximum atomic E-state index is 13.6. The van der Waals surface area contributed by atoms with Crippen molar-refractivity contribution >= 4 is 34.5 Å². The van der Waals surface area contributed by atoms with Crippen molar-refractivity contribution in [2.45, 2.75) is 57.3 Å². The second-order valence-corrected chi connectivity index (χ2v) is 12.1. The Labute approximate surface area is 268 Å². The van der Waals surface area contributed by atoms with Crippen LogP contribution in [-0.4, -0.2) is 58.9 Å². The number of ether oxygens (including phenoxy) is 1. The van der Waals surface area contributed by atoms with E-state index in [1.54, 1.807) is 48.5 Å². The first-order chi connectivity index (χ1) is 21.9. The Bertz CT molecular complexity index is 1690. The van der Waals surface area contributed by atoms with Crippen LogP contribution in [0.25, 0.3) is 10.9 Å². The Morgan fingerprint density at radius 1 is 0.826 bits per heavy atom. The van der Waals surface area contributed by atoms with Gasteiger partial charge in [0.2, 0.25) is 11.8 Å². The van der Waals surface area contributed by atoms with Gasteiger partial charge >= 0.3 is 0 Å². The summed E-state index contributed by atoms with van der Waals surface area (Å²) >= 11 is 0. The summed E-state index contributed by atoms with van der Waals surface area (Å²) in [6.07, 6.45) is -0.113. The maximum absolute atomic E-state index is 13.6. The van der Waals surface area contributed by atoms with Crippen LogP contribution in [0.3, 0.4) is 0 Å². The highest BCUT2D eigenvalue weighted by molar-refractivity contribution is 5.99. The molecule has 0 radical (unpaired) electrons. The first-order valence-electron chi connectivity index (χ1n) is 15.0.